The highest BCUT2D eigenvalue weighted by Gasteiger charge is 2.11. The van der Waals surface area contributed by atoms with Crippen LogP contribution in [0.25, 0.3) is 11.1 Å². The first kappa shape index (κ1) is 21.4. The number of benzene rings is 3. The van der Waals surface area contributed by atoms with Crippen LogP contribution in [0.1, 0.15) is 16.7 Å². The highest BCUT2D eigenvalue weighted by molar-refractivity contribution is 9.10. The van der Waals surface area contributed by atoms with E-state index >= 15 is 0 Å². The Kier molecular flexibility index (Phi) is 7.31. The molecule has 150 valence electrons. The van der Waals surface area contributed by atoms with Crippen molar-refractivity contribution in [1.29, 1.82) is 0 Å². The highest BCUT2D eigenvalue weighted by atomic mass is 79.9. The Balaban J connectivity index is 1.73. The van der Waals surface area contributed by atoms with Crippen LogP contribution in [0.2, 0.25) is 5.02 Å². The van der Waals surface area contributed by atoms with Gasteiger partial charge < -0.3 is 15.2 Å². The largest absolute Gasteiger partial charge is 0.487 e. The second kappa shape index (κ2) is 9.92. The van der Waals surface area contributed by atoms with E-state index in [4.69, 9.17) is 21.4 Å². The van der Waals surface area contributed by atoms with Crippen molar-refractivity contribution in [2.75, 3.05) is 6.54 Å². The SMILES string of the molecule is Cc1cc(OCc2cccc(-c3ccccc3)c2Br)c(Cl)cc1CNCC(=O)O. The molecule has 3 aromatic carbocycles. The zero-order chi connectivity index (χ0) is 20.8. The predicted molar refractivity (Wildman–Crippen MR) is 119 cm³/mol. The van der Waals surface area contributed by atoms with Crippen LogP contribution in [0.15, 0.2) is 65.1 Å². The quantitative estimate of drug-likeness (QED) is 0.431. The number of hydrogen-bond acceptors (Lipinski definition) is 3. The maximum atomic E-state index is 10.6. The van der Waals surface area contributed by atoms with Gasteiger partial charge in [0, 0.05) is 16.6 Å². The lowest BCUT2D eigenvalue weighted by Crippen LogP contribution is -2.22. The summed E-state index contributed by atoms with van der Waals surface area (Å²) in [6.07, 6.45) is 0. The number of carboxylic acid groups (broad SMARTS) is 1. The minimum Gasteiger partial charge on any atom is -0.487 e. The Morgan fingerprint density at radius 2 is 1.86 bits per heavy atom. The molecule has 0 saturated carbocycles. The van der Waals surface area contributed by atoms with E-state index < -0.39 is 5.97 Å². The number of nitrogens with one attached hydrogen (secondary N) is 1. The van der Waals surface area contributed by atoms with E-state index in [1.165, 1.54) is 0 Å². The third-order valence-corrected chi connectivity index (χ3v) is 5.76. The molecule has 0 amide bonds. The Hall–Kier alpha value is -2.34. The second-order valence-corrected chi connectivity index (χ2v) is 7.84. The zero-order valence-corrected chi connectivity index (χ0v) is 18.3. The highest BCUT2D eigenvalue weighted by Crippen LogP contribution is 2.33. The lowest BCUT2D eigenvalue weighted by molar-refractivity contribution is -0.136. The molecule has 0 saturated heterocycles. The summed E-state index contributed by atoms with van der Waals surface area (Å²) in [6.45, 7) is 2.66. The molecule has 0 aliphatic rings. The standard InChI is InChI=1S/C23H21BrClNO3/c1-15-10-21(20(25)11-18(15)12-26-13-22(27)28)29-14-17-8-5-9-19(23(17)24)16-6-3-2-4-7-16/h2-11,26H,12-14H2,1H3,(H,27,28). The summed E-state index contributed by atoms with van der Waals surface area (Å²) in [5, 5.41) is 12.1. The molecule has 0 fully saturated rings. The van der Waals surface area contributed by atoms with Crippen molar-refractivity contribution in [3.63, 3.8) is 0 Å². The van der Waals surface area contributed by atoms with E-state index in [1.54, 1.807) is 0 Å². The lowest BCUT2D eigenvalue weighted by atomic mass is 10.0. The summed E-state index contributed by atoms with van der Waals surface area (Å²) >= 11 is 10.1. The van der Waals surface area contributed by atoms with Gasteiger partial charge in [-0.2, -0.15) is 0 Å². The molecular formula is C23H21BrClNO3. The van der Waals surface area contributed by atoms with E-state index in [2.05, 4.69) is 39.4 Å². The maximum Gasteiger partial charge on any atom is 0.317 e. The predicted octanol–water partition coefficient (Wildman–Crippen LogP) is 5.83. The Morgan fingerprint density at radius 1 is 1.10 bits per heavy atom. The molecule has 0 radical (unpaired) electrons. The first-order valence-electron chi connectivity index (χ1n) is 9.13. The van der Waals surface area contributed by atoms with Gasteiger partial charge in [-0.1, -0.05) is 60.1 Å². The third kappa shape index (κ3) is 5.60. The van der Waals surface area contributed by atoms with E-state index in [9.17, 15) is 4.79 Å². The smallest absolute Gasteiger partial charge is 0.317 e. The van der Waals surface area contributed by atoms with E-state index in [1.807, 2.05) is 49.4 Å². The molecule has 0 aromatic heterocycles. The van der Waals surface area contributed by atoms with Crippen molar-refractivity contribution in [2.45, 2.75) is 20.1 Å². The molecule has 0 unspecified atom stereocenters. The molecule has 0 aliphatic carbocycles. The van der Waals surface area contributed by atoms with Crippen LogP contribution in [-0.2, 0) is 17.9 Å². The van der Waals surface area contributed by atoms with Crippen molar-refractivity contribution >= 4 is 33.5 Å². The fourth-order valence-corrected chi connectivity index (χ4v) is 3.84. The number of carbonyl (C=O) groups is 1. The van der Waals surface area contributed by atoms with Crippen LogP contribution in [0.5, 0.6) is 5.75 Å². The van der Waals surface area contributed by atoms with Gasteiger partial charge in [0.25, 0.3) is 0 Å². The van der Waals surface area contributed by atoms with Gasteiger partial charge in [0.1, 0.15) is 12.4 Å². The number of carboxylic acids is 1. The van der Waals surface area contributed by atoms with E-state index in [0.717, 1.165) is 32.3 Å². The summed E-state index contributed by atoms with van der Waals surface area (Å²) in [6, 6.07) is 20.0. The van der Waals surface area contributed by atoms with Gasteiger partial charge in [-0.3, -0.25) is 4.79 Å². The first-order valence-corrected chi connectivity index (χ1v) is 10.3. The molecule has 29 heavy (non-hydrogen) atoms. The average molecular weight is 475 g/mol. The van der Waals surface area contributed by atoms with E-state index in [0.29, 0.717) is 23.9 Å². The Bertz CT molecular complexity index is 1010. The fraction of sp³-hybridized carbons (Fsp3) is 0.174. The van der Waals surface area contributed by atoms with Crippen molar-refractivity contribution in [3.05, 3.63) is 86.8 Å². The molecule has 3 aromatic rings. The molecule has 0 spiro atoms. The Labute approximate surface area is 183 Å². The molecule has 6 heteroatoms. The summed E-state index contributed by atoms with van der Waals surface area (Å²) in [4.78, 5) is 10.6. The van der Waals surface area contributed by atoms with Crippen molar-refractivity contribution < 1.29 is 14.6 Å². The molecule has 0 bridgehead atoms. The van der Waals surface area contributed by atoms with Gasteiger partial charge in [-0.15, -0.1) is 0 Å². The second-order valence-electron chi connectivity index (χ2n) is 6.64. The number of ether oxygens (including phenoxy) is 1. The molecule has 0 atom stereocenters. The minimum absolute atomic E-state index is 0.0961. The van der Waals surface area contributed by atoms with Crippen molar-refractivity contribution in [2.24, 2.45) is 0 Å². The lowest BCUT2D eigenvalue weighted by Gasteiger charge is -2.15. The number of aryl methyl sites for hydroxylation is 1. The number of hydrogen-bond donors (Lipinski definition) is 2. The minimum atomic E-state index is -0.892. The topological polar surface area (TPSA) is 58.6 Å². The first-order chi connectivity index (χ1) is 14.0. The number of rotatable bonds is 8. The van der Waals surface area contributed by atoms with Crippen LogP contribution in [0, 0.1) is 6.92 Å². The number of halogens is 2. The molecule has 2 N–H and O–H groups in total. The zero-order valence-electron chi connectivity index (χ0n) is 15.9. The van der Waals surface area contributed by atoms with Crippen molar-refractivity contribution in [1.82, 2.24) is 5.32 Å². The number of aliphatic carboxylic acids is 1. The van der Waals surface area contributed by atoms with E-state index in [-0.39, 0.29) is 6.54 Å². The van der Waals surface area contributed by atoms with Gasteiger partial charge in [0.05, 0.1) is 11.6 Å². The summed E-state index contributed by atoms with van der Waals surface area (Å²) < 4.78 is 6.99. The monoisotopic (exact) mass is 473 g/mol. The molecular weight excluding hydrogens is 454 g/mol. The Morgan fingerprint density at radius 3 is 2.59 bits per heavy atom. The molecule has 0 aliphatic heterocycles. The summed E-state index contributed by atoms with van der Waals surface area (Å²) in [5.41, 5.74) is 5.18. The summed E-state index contributed by atoms with van der Waals surface area (Å²) in [5.74, 6) is -0.292. The van der Waals surface area contributed by atoms with Gasteiger partial charge in [-0.25, -0.2) is 0 Å². The molecule has 3 rings (SSSR count). The van der Waals surface area contributed by atoms with Crippen LogP contribution in [-0.4, -0.2) is 17.6 Å². The molecule has 4 nitrogen and oxygen atoms in total. The third-order valence-electron chi connectivity index (χ3n) is 4.53. The van der Waals surface area contributed by atoms with Gasteiger partial charge >= 0.3 is 5.97 Å². The average Bonchev–Trinajstić information content (AvgIpc) is 2.70. The fourth-order valence-electron chi connectivity index (χ4n) is 2.99. The van der Waals surface area contributed by atoms with Crippen molar-refractivity contribution in [3.8, 4) is 16.9 Å². The maximum absolute atomic E-state index is 10.6. The van der Waals surface area contributed by atoms with Gasteiger partial charge in [-0.05, 0) is 57.2 Å². The van der Waals surface area contributed by atoms with Crippen LogP contribution >= 0.6 is 27.5 Å². The van der Waals surface area contributed by atoms with Gasteiger partial charge in [0.15, 0.2) is 0 Å². The normalized spacial score (nSPS) is 10.7. The van der Waals surface area contributed by atoms with Crippen LogP contribution in [0.3, 0.4) is 0 Å². The van der Waals surface area contributed by atoms with Crippen LogP contribution in [0.4, 0.5) is 0 Å². The van der Waals surface area contributed by atoms with Gasteiger partial charge in [0.2, 0.25) is 0 Å². The summed E-state index contributed by atoms with van der Waals surface area (Å²) in [7, 11) is 0. The van der Waals surface area contributed by atoms with Crippen LogP contribution < -0.4 is 10.1 Å². The molecule has 0 heterocycles.